The normalized spacial score (nSPS) is 10.3. The molecule has 0 unspecified atom stereocenters. The molecule has 18 heavy (non-hydrogen) atoms. The molecule has 0 amide bonds. The first-order valence-corrected chi connectivity index (χ1v) is 6.41. The van der Waals surface area contributed by atoms with Gasteiger partial charge in [0.15, 0.2) is 0 Å². The Morgan fingerprint density at radius 2 is 1.94 bits per heavy atom. The minimum atomic E-state index is -0.641. The van der Waals surface area contributed by atoms with Crippen molar-refractivity contribution in [1.29, 1.82) is 0 Å². The number of nitrogens with two attached hydrogens (primary N) is 1. The lowest BCUT2D eigenvalue weighted by molar-refractivity contribution is -0.394. The Balaban J connectivity index is 2.83. The smallest absolute Gasteiger partial charge is 0.280 e. The Morgan fingerprint density at radius 3 is 2.50 bits per heavy atom. The third-order valence-electron chi connectivity index (χ3n) is 2.23. The Labute approximate surface area is 108 Å². The van der Waals surface area contributed by atoms with Crippen LogP contribution in [0.25, 0.3) is 0 Å². The van der Waals surface area contributed by atoms with Gasteiger partial charge < -0.3 is 5.73 Å². The SMILES string of the molecule is NCCCSCc1ccc([N+](=O)[O-])cc1[N+](=O)[O-]. The van der Waals surface area contributed by atoms with Crippen LogP contribution in [0.5, 0.6) is 0 Å². The number of rotatable bonds is 7. The average molecular weight is 271 g/mol. The summed E-state index contributed by atoms with van der Waals surface area (Å²) in [5.41, 5.74) is 5.37. The molecule has 0 saturated heterocycles. The molecule has 0 aliphatic heterocycles. The van der Waals surface area contributed by atoms with Crippen molar-refractivity contribution in [1.82, 2.24) is 0 Å². The van der Waals surface area contributed by atoms with Crippen molar-refractivity contribution in [2.75, 3.05) is 12.3 Å². The molecule has 2 N–H and O–H groups in total. The molecule has 0 aromatic heterocycles. The van der Waals surface area contributed by atoms with Crippen LogP contribution in [0.1, 0.15) is 12.0 Å². The molecule has 1 aromatic rings. The molecule has 0 fully saturated rings. The van der Waals surface area contributed by atoms with Crippen LogP contribution in [0.15, 0.2) is 18.2 Å². The second-order valence-corrected chi connectivity index (χ2v) is 4.63. The van der Waals surface area contributed by atoms with Crippen molar-refractivity contribution in [3.05, 3.63) is 44.0 Å². The minimum Gasteiger partial charge on any atom is -0.330 e. The highest BCUT2D eigenvalue weighted by atomic mass is 32.2. The number of hydrogen-bond donors (Lipinski definition) is 1. The van der Waals surface area contributed by atoms with Crippen molar-refractivity contribution in [2.45, 2.75) is 12.2 Å². The van der Waals surface area contributed by atoms with Crippen LogP contribution in [0.3, 0.4) is 0 Å². The number of benzene rings is 1. The Hall–Kier alpha value is -1.67. The van der Waals surface area contributed by atoms with Crippen LogP contribution >= 0.6 is 11.8 Å². The zero-order chi connectivity index (χ0) is 13.5. The number of hydrogen-bond acceptors (Lipinski definition) is 6. The molecule has 0 aliphatic carbocycles. The molecule has 0 spiro atoms. The fourth-order valence-electron chi connectivity index (χ4n) is 1.33. The molecule has 8 heteroatoms. The lowest BCUT2D eigenvalue weighted by atomic mass is 10.2. The third kappa shape index (κ3) is 3.97. The standard InChI is InChI=1S/C10H13N3O4S/c11-4-1-5-18-7-8-2-3-9(12(14)15)6-10(8)13(16)17/h2-3,6H,1,4-5,7,11H2. The van der Waals surface area contributed by atoms with E-state index in [1.807, 2.05) is 0 Å². The van der Waals surface area contributed by atoms with Crippen molar-refractivity contribution in [2.24, 2.45) is 5.73 Å². The minimum absolute atomic E-state index is 0.204. The molecule has 0 bridgehead atoms. The first-order chi connectivity index (χ1) is 8.56. The first kappa shape index (κ1) is 14.4. The van der Waals surface area contributed by atoms with Gasteiger partial charge in [-0.2, -0.15) is 11.8 Å². The molecular weight excluding hydrogens is 258 g/mol. The van der Waals surface area contributed by atoms with E-state index in [0.29, 0.717) is 17.9 Å². The number of non-ortho nitro benzene ring substituents is 1. The number of nitro benzene ring substituents is 2. The van der Waals surface area contributed by atoms with Gasteiger partial charge in [0, 0.05) is 17.4 Å². The second-order valence-electron chi connectivity index (χ2n) is 3.52. The van der Waals surface area contributed by atoms with E-state index < -0.39 is 9.85 Å². The quantitative estimate of drug-likeness (QED) is 0.461. The van der Waals surface area contributed by atoms with Gasteiger partial charge in [-0.1, -0.05) is 0 Å². The topological polar surface area (TPSA) is 112 Å². The molecule has 0 saturated carbocycles. The molecule has 98 valence electrons. The summed E-state index contributed by atoms with van der Waals surface area (Å²) in [6.45, 7) is 0.579. The zero-order valence-electron chi connectivity index (χ0n) is 9.57. The van der Waals surface area contributed by atoms with Gasteiger partial charge in [0.1, 0.15) is 0 Å². The fourth-order valence-corrected chi connectivity index (χ4v) is 2.30. The van der Waals surface area contributed by atoms with Gasteiger partial charge in [0.25, 0.3) is 11.4 Å². The summed E-state index contributed by atoms with van der Waals surface area (Å²) < 4.78 is 0. The summed E-state index contributed by atoms with van der Waals surface area (Å²) in [5.74, 6) is 1.26. The fraction of sp³-hybridized carbons (Fsp3) is 0.400. The van der Waals surface area contributed by atoms with Gasteiger partial charge in [0.05, 0.1) is 15.9 Å². The number of nitrogens with zero attached hydrogens (tertiary/aromatic N) is 2. The van der Waals surface area contributed by atoms with Crippen LogP contribution < -0.4 is 5.73 Å². The molecule has 0 atom stereocenters. The van der Waals surface area contributed by atoms with Crippen molar-refractivity contribution < 1.29 is 9.85 Å². The van der Waals surface area contributed by atoms with Crippen LogP contribution in [0, 0.1) is 20.2 Å². The molecule has 1 aromatic carbocycles. The monoisotopic (exact) mass is 271 g/mol. The van der Waals surface area contributed by atoms with Gasteiger partial charge in [0.2, 0.25) is 0 Å². The lowest BCUT2D eigenvalue weighted by Gasteiger charge is -2.02. The maximum atomic E-state index is 10.8. The van der Waals surface area contributed by atoms with Gasteiger partial charge in [-0.25, -0.2) is 0 Å². The van der Waals surface area contributed by atoms with Crippen LogP contribution in [-0.2, 0) is 5.75 Å². The van der Waals surface area contributed by atoms with Crippen molar-refractivity contribution >= 4 is 23.1 Å². The lowest BCUT2D eigenvalue weighted by Crippen LogP contribution is -2.00. The van der Waals surface area contributed by atoms with E-state index in [-0.39, 0.29) is 11.4 Å². The molecule has 0 aliphatic rings. The van der Waals surface area contributed by atoms with Crippen LogP contribution in [-0.4, -0.2) is 22.1 Å². The average Bonchev–Trinajstić information content (AvgIpc) is 2.34. The summed E-state index contributed by atoms with van der Waals surface area (Å²) in [4.78, 5) is 20.2. The van der Waals surface area contributed by atoms with Gasteiger partial charge in [-0.05, 0) is 24.8 Å². The highest BCUT2D eigenvalue weighted by Gasteiger charge is 2.18. The highest BCUT2D eigenvalue weighted by molar-refractivity contribution is 7.98. The molecule has 0 radical (unpaired) electrons. The van der Waals surface area contributed by atoms with E-state index in [0.717, 1.165) is 18.2 Å². The van der Waals surface area contributed by atoms with E-state index >= 15 is 0 Å². The van der Waals surface area contributed by atoms with E-state index in [2.05, 4.69) is 0 Å². The maximum Gasteiger partial charge on any atom is 0.280 e. The Kier molecular flexibility index (Phi) is 5.53. The molecule has 1 rings (SSSR count). The molecule has 7 nitrogen and oxygen atoms in total. The maximum absolute atomic E-state index is 10.8. The predicted molar refractivity (Wildman–Crippen MR) is 69.6 cm³/mol. The van der Waals surface area contributed by atoms with E-state index in [4.69, 9.17) is 5.73 Å². The summed E-state index contributed by atoms with van der Waals surface area (Å²) in [6, 6.07) is 3.72. The van der Waals surface area contributed by atoms with Crippen LogP contribution in [0.2, 0.25) is 0 Å². The number of thioether (sulfide) groups is 1. The largest absolute Gasteiger partial charge is 0.330 e. The van der Waals surface area contributed by atoms with Crippen molar-refractivity contribution in [3.8, 4) is 0 Å². The van der Waals surface area contributed by atoms with Gasteiger partial charge in [-0.3, -0.25) is 20.2 Å². The molecular formula is C10H13N3O4S. The zero-order valence-corrected chi connectivity index (χ0v) is 10.4. The van der Waals surface area contributed by atoms with E-state index in [1.54, 1.807) is 0 Å². The predicted octanol–water partition coefficient (Wildman–Crippen LogP) is 2.08. The summed E-state index contributed by atoms with van der Waals surface area (Å²) in [5, 5.41) is 21.4. The number of nitro groups is 2. The van der Waals surface area contributed by atoms with E-state index in [1.165, 1.54) is 23.9 Å². The summed E-state index contributed by atoms with van der Waals surface area (Å²) in [6.07, 6.45) is 0.839. The third-order valence-corrected chi connectivity index (χ3v) is 3.32. The molecule has 0 heterocycles. The van der Waals surface area contributed by atoms with Gasteiger partial charge >= 0.3 is 0 Å². The van der Waals surface area contributed by atoms with Gasteiger partial charge in [-0.15, -0.1) is 0 Å². The van der Waals surface area contributed by atoms with E-state index in [9.17, 15) is 20.2 Å². The van der Waals surface area contributed by atoms with Crippen LogP contribution in [0.4, 0.5) is 11.4 Å². The Morgan fingerprint density at radius 1 is 1.22 bits per heavy atom. The highest BCUT2D eigenvalue weighted by Crippen LogP contribution is 2.27. The second kappa shape index (κ2) is 6.92. The van der Waals surface area contributed by atoms with Crippen molar-refractivity contribution in [3.63, 3.8) is 0 Å². The summed E-state index contributed by atoms with van der Waals surface area (Å²) >= 11 is 1.52. The summed E-state index contributed by atoms with van der Waals surface area (Å²) in [7, 11) is 0. The first-order valence-electron chi connectivity index (χ1n) is 5.25. The Bertz CT molecular complexity index is 453.